The molecule has 0 spiro atoms. The lowest BCUT2D eigenvalue weighted by Gasteiger charge is -2.30. The topological polar surface area (TPSA) is 77.1 Å². The van der Waals surface area contributed by atoms with Crippen LogP contribution in [0.15, 0.2) is 42.5 Å². The highest BCUT2D eigenvalue weighted by Crippen LogP contribution is 2.27. The molecule has 7 heteroatoms. The van der Waals surface area contributed by atoms with E-state index in [1.165, 1.54) is 0 Å². The zero-order valence-corrected chi connectivity index (χ0v) is 18.2. The van der Waals surface area contributed by atoms with Crippen LogP contribution in [0.3, 0.4) is 0 Å². The lowest BCUT2D eigenvalue weighted by molar-refractivity contribution is 0.0504. The van der Waals surface area contributed by atoms with Crippen LogP contribution in [0.25, 0.3) is 0 Å². The van der Waals surface area contributed by atoms with Crippen LogP contribution < -0.4 is 15.0 Å². The molecule has 1 saturated heterocycles. The van der Waals surface area contributed by atoms with Crippen LogP contribution in [0.5, 0.6) is 5.75 Å². The van der Waals surface area contributed by atoms with Crippen LogP contribution in [0.2, 0.25) is 0 Å². The van der Waals surface area contributed by atoms with Crippen LogP contribution in [-0.4, -0.2) is 51.4 Å². The smallest absolute Gasteiger partial charge is 0.340 e. The standard InChI is InChI=1S/C24H30N2O5/c1-3-13-30-20-8-5-18(6-9-20)23(27)25-19-7-10-22(26-11-15-29-16-12-26)21(17-19)24(28)31-14-4-2/h5-10,17H,3-4,11-16H2,1-2H3,(H,25,27). The van der Waals surface area contributed by atoms with Crippen molar-refractivity contribution in [3.8, 4) is 5.75 Å². The molecule has 0 unspecified atom stereocenters. The van der Waals surface area contributed by atoms with Crippen molar-refractivity contribution < 1.29 is 23.8 Å². The number of morpholine rings is 1. The second kappa shape index (κ2) is 11.4. The van der Waals surface area contributed by atoms with Gasteiger partial charge >= 0.3 is 5.97 Å². The third kappa shape index (κ3) is 6.21. The van der Waals surface area contributed by atoms with Gasteiger partial charge in [-0.25, -0.2) is 4.79 Å². The van der Waals surface area contributed by atoms with Gasteiger partial charge in [0, 0.05) is 24.3 Å². The minimum absolute atomic E-state index is 0.256. The summed E-state index contributed by atoms with van der Waals surface area (Å²) < 4.78 is 16.3. The number of esters is 1. The van der Waals surface area contributed by atoms with Gasteiger partial charge in [-0.1, -0.05) is 13.8 Å². The Hall–Kier alpha value is -3.06. The van der Waals surface area contributed by atoms with E-state index in [0.29, 0.717) is 56.3 Å². The Kier molecular flexibility index (Phi) is 8.29. The molecule has 31 heavy (non-hydrogen) atoms. The number of benzene rings is 2. The molecule has 0 aliphatic carbocycles. The van der Waals surface area contributed by atoms with Gasteiger partial charge in [-0.3, -0.25) is 4.79 Å². The monoisotopic (exact) mass is 426 g/mol. The van der Waals surface area contributed by atoms with Crippen LogP contribution >= 0.6 is 0 Å². The number of hydrogen-bond donors (Lipinski definition) is 1. The van der Waals surface area contributed by atoms with E-state index in [2.05, 4.69) is 10.2 Å². The molecule has 0 atom stereocenters. The second-order valence-electron chi connectivity index (χ2n) is 7.29. The molecule has 1 fully saturated rings. The molecule has 1 N–H and O–H groups in total. The summed E-state index contributed by atoms with van der Waals surface area (Å²) in [5.41, 5.74) is 2.28. The van der Waals surface area contributed by atoms with E-state index in [1.54, 1.807) is 36.4 Å². The van der Waals surface area contributed by atoms with Gasteiger partial charge < -0.3 is 24.4 Å². The van der Waals surface area contributed by atoms with E-state index in [1.807, 2.05) is 19.9 Å². The molecule has 1 aliphatic heterocycles. The maximum absolute atomic E-state index is 12.7. The van der Waals surface area contributed by atoms with Gasteiger partial charge in [-0.15, -0.1) is 0 Å². The average molecular weight is 427 g/mol. The van der Waals surface area contributed by atoms with Gasteiger partial charge in [0.05, 0.1) is 37.7 Å². The van der Waals surface area contributed by atoms with Gasteiger partial charge in [0.25, 0.3) is 5.91 Å². The molecule has 2 aromatic carbocycles. The van der Waals surface area contributed by atoms with E-state index >= 15 is 0 Å². The van der Waals surface area contributed by atoms with Crippen LogP contribution in [0, 0.1) is 0 Å². The van der Waals surface area contributed by atoms with Crippen molar-refractivity contribution in [2.24, 2.45) is 0 Å². The Balaban J connectivity index is 1.77. The number of nitrogens with one attached hydrogen (secondary N) is 1. The first kappa shape index (κ1) is 22.6. The summed E-state index contributed by atoms with van der Waals surface area (Å²) in [4.78, 5) is 27.5. The Labute approximate surface area is 183 Å². The highest BCUT2D eigenvalue weighted by Gasteiger charge is 2.21. The van der Waals surface area contributed by atoms with E-state index in [9.17, 15) is 9.59 Å². The van der Waals surface area contributed by atoms with E-state index in [4.69, 9.17) is 14.2 Å². The fourth-order valence-electron chi connectivity index (χ4n) is 3.26. The Morgan fingerprint density at radius 2 is 1.71 bits per heavy atom. The highest BCUT2D eigenvalue weighted by atomic mass is 16.5. The number of hydrogen-bond acceptors (Lipinski definition) is 6. The molecule has 0 bridgehead atoms. The number of carbonyl (C=O) groups excluding carboxylic acids is 2. The van der Waals surface area contributed by atoms with Crippen LogP contribution in [-0.2, 0) is 9.47 Å². The molecular weight excluding hydrogens is 396 g/mol. The summed E-state index contributed by atoms with van der Waals surface area (Å²) in [6, 6.07) is 12.3. The number of anilines is 2. The zero-order chi connectivity index (χ0) is 22.1. The maximum atomic E-state index is 12.7. The van der Waals surface area contributed by atoms with Gasteiger partial charge in [0.1, 0.15) is 5.75 Å². The average Bonchev–Trinajstić information content (AvgIpc) is 2.82. The first-order valence-corrected chi connectivity index (χ1v) is 10.8. The molecule has 1 heterocycles. The summed E-state index contributed by atoms with van der Waals surface area (Å²) in [6.45, 7) is 7.60. The fraction of sp³-hybridized carbons (Fsp3) is 0.417. The molecule has 0 aromatic heterocycles. The van der Waals surface area contributed by atoms with Crippen molar-refractivity contribution in [1.82, 2.24) is 0 Å². The molecule has 0 saturated carbocycles. The van der Waals surface area contributed by atoms with Crippen LogP contribution in [0.4, 0.5) is 11.4 Å². The zero-order valence-electron chi connectivity index (χ0n) is 18.2. The Morgan fingerprint density at radius 1 is 1.00 bits per heavy atom. The van der Waals surface area contributed by atoms with Crippen molar-refractivity contribution in [3.05, 3.63) is 53.6 Å². The molecule has 166 valence electrons. The summed E-state index contributed by atoms with van der Waals surface area (Å²) in [7, 11) is 0. The lowest BCUT2D eigenvalue weighted by Crippen LogP contribution is -2.37. The third-order valence-electron chi connectivity index (χ3n) is 4.85. The molecule has 1 amide bonds. The molecule has 0 radical (unpaired) electrons. The molecular formula is C24H30N2O5. The fourth-order valence-corrected chi connectivity index (χ4v) is 3.26. The lowest BCUT2D eigenvalue weighted by atomic mass is 10.1. The van der Waals surface area contributed by atoms with Crippen molar-refractivity contribution in [2.75, 3.05) is 49.7 Å². The minimum Gasteiger partial charge on any atom is -0.494 e. The van der Waals surface area contributed by atoms with Gasteiger partial charge in [-0.05, 0) is 55.3 Å². The molecule has 1 aliphatic rings. The van der Waals surface area contributed by atoms with Crippen molar-refractivity contribution in [3.63, 3.8) is 0 Å². The Bertz CT molecular complexity index is 876. The normalized spacial score (nSPS) is 13.5. The quantitative estimate of drug-likeness (QED) is 0.608. The summed E-state index contributed by atoms with van der Waals surface area (Å²) in [6.07, 6.45) is 1.67. The predicted octanol–water partition coefficient (Wildman–Crippen LogP) is 4.13. The number of carbonyl (C=O) groups is 2. The first-order chi connectivity index (χ1) is 15.1. The SMILES string of the molecule is CCCOC(=O)c1cc(NC(=O)c2ccc(OCCC)cc2)ccc1N1CCOCC1. The first-order valence-electron chi connectivity index (χ1n) is 10.8. The third-order valence-corrected chi connectivity index (χ3v) is 4.85. The van der Waals surface area contributed by atoms with Gasteiger partial charge in [0.2, 0.25) is 0 Å². The van der Waals surface area contributed by atoms with Crippen LogP contribution in [0.1, 0.15) is 47.4 Å². The number of ether oxygens (including phenoxy) is 3. The predicted molar refractivity (Wildman–Crippen MR) is 120 cm³/mol. The number of rotatable bonds is 9. The molecule has 2 aromatic rings. The summed E-state index contributed by atoms with van der Waals surface area (Å²) in [5, 5.41) is 2.87. The number of nitrogens with zero attached hydrogens (tertiary/aromatic N) is 1. The molecule has 3 rings (SSSR count). The van der Waals surface area contributed by atoms with Crippen molar-refractivity contribution in [2.45, 2.75) is 26.7 Å². The summed E-state index contributed by atoms with van der Waals surface area (Å²) in [5.74, 6) is 0.0835. The van der Waals surface area contributed by atoms with E-state index in [-0.39, 0.29) is 5.91 Å². The largest absolute Gasteiger partial charge is 0.494 e. The van der Waals surface area contributed by atoms with Crippen molar-refractivity contribution >= 4 is 23.3 Å². The van der Waals surface area contributed by atoms with Crippen molar-refractivity contribution in [1.29, 1.82) is 0 Å². The Morgan fingerprint density at radius 3 is 2.39 bits per heavy atom. The second-order valence-corrected chi connectivity index (χ2v) is 7.29. The van der Waals surface area contributed by atoms with E-state index < -0.39 is 5.97 Å². The summed E-state index contributed by atoms with van der Waals surface area (Å²) >= 11 is 0. The van der Waals surface area contributed by atoms with Gasteiger partial charge in [-0.2, -0.15) is 0 Å². The number of amides is 1. The minimum atomic E-state index is -0.392. The molecule has 7 nitrogen and oxygen atoms in total. The maximum Gasteiger partial charge on any atom is 0.340 e. The highest BCUT2D eigenvalue weighted by molar-refractivity contribution is 6.05. The van der Waals surface area contributed by atoms with Gasteiger partial charge in [0.15, 0.2) is 0 Å². The van der Waals surface area contributed by atoms with E-state index in [0.717, 1.165) is 24.3 Å².